The lowest BCUT2D eigenvalue weighted by Gasteiger charge is -1.82. The van der Waals surface area contributed by atoms with Gasteiger partial charge in [0, 0.05) is 0 Å². The van der Waals surface area contributed by atoms with Gasteiger partial charge < -0.3 is 4.42 Å². The summed E-state index contributed by atoms with van der Waals surface area (Å²) in [6.45, 7) is 0. The maximum Gasteiger partial charge on any atom is 0.433 e. The molecule has 1 heterocycles. The third-order valence-electron chi connectivity index (χ3n) is 1.56. The molecule has 0 atom stereocenters. The van der Waals surface area contributed by atoms with E-state index in [0.717, 1.165) is 0 Å². The zero-order valence-corrected chi connectivity index (χ0v) is 7.95. The zero-order valence-electron chi connectivity index (χ0n) is 7.95. The van der Waals surface area contributed by atoms with Crippen molar-refractivity contribution >= 4 is 12.0 Å². The van der Waals surface area contributed by atoms with E-state index in [1.165, 1.54) is 30.4 Å². The van der Waals surface area contributed by atoms with E-state index in [1.54, 1.807) is 12.1 Å². The molecule has 0 aromatic carbocycles. The lowest BCUT2D eigenvalue weighted by molar-refractivity contribution is -0.402. The van der Waals surface area contributed by atoms with Crippen LogP contribution in [0.4, 0.5) is 5.88 Å². The molecule has 0 aliphatic rings. The van der Waals surface area contributed by atoms with Crippen molar-refractivity contribution in [3.05, 3.63) is 45.7 Å². The SMILES string of the molecule is N#CC(C#N)=CC=Cc1ccc([N+](=O)[O-])o1. The Bertz CT molecular complexity index is 524. The highest BCUT2D eigenvalue weighted by Gasteiger charge is 2.09. The molecule has 16 heavy (non-hydrogen) atoms. The largest absolute Gasteiger partial charge is 0.433 e. The number of nitro groups is 1. The topological polar surface area (TPSA) is 104 Å². The van der Waals surface area contributed by atoms with Crippen molar-refractivity contribution in [2.75, 3.05) is 0 Å². The normalized spacial score (nSPS) is 9.38. The zero-order chi connectivity index (χ0) is 12.0. The number of hydrogen-bond acceptors (Lipinski definition) is 5. The minimum absolute atomic E-state index is 0.0581. The predicted molar refractivity (Wildman–Crippen MR) is 53.7 cm³/mol. The lowest BCUT2D eigenvalue weighted by Crippen LogP contribution is -1.82. The molecule has 0 saturated carbocycles. The molecule has 1 aromatic heterocycles. The van der Waals surface area contributed by atoms with E-state index >= 15 is 0 Å². The third kappa shape index (κ3) is 2.82. The first-order valence-corrected chi connectivity index (χ1v) is 4.10. The molecule has 0 spiro atoms. The van der Waals surface area contributed by atoms with Crippen molar-refractivity contribution in [1.82, 2.24) is 0 Å². The average Bonchev–Trinajstić information content (AvgIpc) is 2.73. The summed E-state index contributed by atoms with van der Waals surface area (Å²) in [5, 5.41) is 27.1. The molecule has 0 fully saturated rings. The van der Waals surface area contributed by atoms with Crippen molar-refractivity contribution in [3.63, 3.8) is 0 Å². The molecule has 0 amide bonds. The quantitative estimate of drug-likeness (QED) is 0.332. The van der Waals surface area contributed by atoms with E-state index < -0.39 is 4.92 Å². The number of nitriles is 2. The van der Waals surface area contributed by atoms with Gasteiger partial charge in [-0.15, -0.1) is 0 Å². The third-order valence-corrected chi connectivity index (χ3v) is 1.56. The summed E-state index contributed by atoms with van der Waals surface area (Å²) in [5.74, 6) is -0.0809. The van der Waals surface area contributed by atoms with Crippen LogP contribution in [0.3, 0.4) is 0 Å². The number of rotatable bonds is 3. The second-order valence-electron chi connectivity index (χ2n) is 2.60. The smallest absolute Gasteiger partial charge is 0.401 e. The maximum absolute atomic E-state index is 10.3. The van der Waals surface area contributed by atoms with Gasteiger partial charge in [0.2, 0.25) is 0 Å². The highest BCUT2D eigenvalue weighted by molar-refractivity contribution is 5.49. The first-order chi connectivity index (χ1) is 7.67. The first-order valence-electron chi connectivity index (χ1n) is 4.10. The fraction of sp³-hybridized carbons (Fsp3) is 0. The van der Waals surface area contributed by atoms with E-state index in [9.17, 15) is 10.1 Å². The predicted octanol–water partition coefficient (Wildman–Crippen LogP) is 2.17. The number of nitrogens with zero attached hydrogens (tertiary/aromatic N) is 3. The van der Waals surface area contributed by atoms with Gasteiger partial charge in [0.05, 0.1) is 6.07 Å². The van der Waals surface area contributed by atoms with Crippen LogP contribution in [0.5, 0.6) is 0 Å². The summed E-state index contributed by atoms with van der Waals surface area (Å²) in [4.78, 5) is 9.63. The molecule has 0 aliphatic carbocycles. The Labute approximate surface area is 90.5 Å². The summed E-state index contributed by atoms with van der Waals surface area (Å²) in [6.07, 6.45) is 4.11. The van der Waals surface area contributed by atoms with Crippen LogP contribution in [0.25, 0.3) is 6.08 Å². The van der Waals surface area contributed by atoms with Crippen LogP contribution in [0.2, 0.25) is 0 Å². The average molecular weight is 215 g/mol. The van der Waals surface area contributed by atoms with Crippen LogP contribution in [0.15, 0.2) is 34.3 Å². The maximum atomic E-state index is 10.3. The highest BCUT2D eigenvalue weighted by atomic mass is 16.6. The standard InChI is InChI=1S/C10H5N3O3/c11-6-8(7-12)2-1-3-9-4-5-10(16-9)13(14)15/h1-5H. The van der Waals surface area contributed by atoms with E-state index in [1.807, 2.05) is 0 Å². The van der Waals surface area contributed by atoms with Crippen LogP contribution in [-0.4, -0.2) is 4.92 Å². The molecule has 6 nitrogen and oxygen atoms in total. The Morgan fingerprint density at radius 2 is 2.12 bits per heavy atom. The molecular weight excluding hydrogens is 210 g/mol. The molecule has 0 saturated heterocycles. The van der Waals surface area contributed by atoms with E-state index in [0.29, 0.717) is 0 Å². The molecule has 0 N–H and O–H groups in total. The molecule has 0 unspecified atom stereocenters. The Morgan fingerprint density at radius 1 is 1.44 bits per heavy atom. The fourth-order valence-electron chi connectivity index (χ4n) is 0.869. The van der Waals surface area contributed by atoms with Crippen LogP contribution >= 0.6 is 0 Å². The Hall–Kier alpha value is -2.86. The van der Waals surface area contributed by atoms with Gasteiger partial charge in [0.1, 0.15) is 28.4 Å². The molecule has 0 aliphatic heterocycles. The molecule has 6 heteroatoms. The van der Waals surface area contributed by atoms with E-state index in [4.69, 9.17) is 14.9 Å². The Balaban J connectivity index is 2.79. The number of allylic oxidation sites excluding steroid dienone is 3. The molecular formula is C10H5N3O3. The Kier molecular flexibility index (Phi) is 3.59. The van der Waals surface area contributed by atoms with E-state index in [2.05, 4.69) is 0 Å². The summed E-state index contributed by atoms with van der Waals surface area (Å²) < 4.78 is 4.81. The van der Waals surface area contributed by atoms with Crippen molar-refractivity contribution in [2.24, 2.45) is 0 Å². The van der Waals surface area contributed by atoms with Gasteiger partial charge >= 0.3 is 5.88 Å². The second kappa shape index (κ2) is 5.13. The van der Waals surface area contributed by atoms with Crippen LogP contribution < -0.4 is 0 Å². The lowest BCUT2D eigenvalue weighted by atomic mass is 10.3. The summed E-state index contributed by atoms with van der Waals surface area (Å²) in [7, 11) is 0. The second-order valence-corrected chi connectivity index (χ2v) is 2.60. The van der Waals surface area contributed by atoms with Gasteiger partial charge in [-0.05, 0) is 18.2 Å². The van der Waals surface area contributed by atoms with Gasteiger partial charge in [-0.2, -0.15) is 10.5 Å². The Morgan fingerprint density at radius 3 is 2.62 bits per heavy atom. The monoisotopic (exact) mass is 215 g/mol. The molecule has 0 bridgehead atoms. The van der Waals surface area contributed by atoms with Crippen molar-refractivity contribution in [1.29, 1.82) is 10.5 Å². The molecule has 78 valence electrons. The minimum atomic E-state index is -0.650. The number of furan rings is 1. The van der Waals surface area contributed by atoms with Crippen molar-refractivity contribution < 1.29 is 9.34 Å². The summed E-state index contributed by atoms with van der Waals surface area (Å²) in [5.41, 5.74) is -0.0581. The van der Waals surface area contributed by atoms with Gasteiger partial charge in [-0.25, -0.2) is 0 Å². The summed E-state index contributed by atoms with van der Waals surface area (Å²) in [6, 6.07) is 5.98. The van der Waals surface area contributed by atoms with E-state index in [-0.39, 0.29) is 17.2 Å². The van der Waals surface area contributed by atoms with Crippen molar-refractivity contribution in [2.45, 2.75) is 0 Å². The number of hydrogen-bond donors (Lipinski definition) is 0. The van der Waals surface area contributed by atoms with Crippen LogP contribution in [-0.2, 0) is 0 Å². The van der Waals surface area contributed by atoms with Gasteiger partial charge in [-0.3, -0.25) is 10.1 Å². The van der Waals surface area contributed by atoms with Gasteiger partial charge in [0.15, 0.2) is 0 Å². The van der Waals surface area contributed by atoms with Crippen molar-refractivity contribution in [3.8, 4) is 12.1 Å². The summed E-state index contributed by atoms with van der Waals surface area (Å²) >= 11 is 0. The van der Waals surface area contributed by atoms with Crippen LogP contribution in [0, 0.1) is 32.8 Å². The van der Waals surface area contributed by atoms with Gasteiger partial charge in [0.25, 0.3) is 0 Å². The van der Waals surface area contributed by atoms with Crippen LogP contribution in [0.1, 0.15) is 5.76 Å². The molecule has 0 radical (unpaired) electrons. The first kappa shape index (κ1) is 11.2. The molecule has 1 rings (SSSR count). The highest BCUT2D eigenvalue weighted by Crippen LogP contribution is 2.16. The molecule has 1 aromatic rings. The minimum Gasteiger partial charge on any atom is -0.401 e. The van der Waals surface area contributed by atoms with Gasteiger partial charge in [-0.1, -0.05) is 6.08 Å². The fourth-order valence-corrected chi connectivity index (χ4v) is 0.869.